The summed E-state index contributed by atoms with van der Waals surface area (Å²) in [5, 5.41) is 3.67. The smallest absolute Gasteiger partial charge is 0.00683 e. The van der Waals surface area contributed by atoms with Gasteiger partial charge in [0, 0.05) is 12.1 Å². The van der Waals surface area contributed by atoms with E-state index in [0.717, 1.165) is 6.04 Å². The minimum atomic E-state index is 0.473. The maximum Gasteiger partial charge on any atom is 0.00683 e. The van der Waals surface area contributed by atoms with Gasteiger partial charge in [-0.1, -0.05) is 11.6 Å². The predicted octanol–water partition coefficient (Wildman–Crippen LogP) is 2.35. The zero-order valence-corrected chi connectivity index (χ0v) is 9.67. The molecule has 1 fully saturated rings. The average molecular weight is 208 g/mol. The zero-order chi connectivity index (χ0) is 10.5. The van der Waals surface area contributed by atoms with E-state index in [-0.39, 0.29) is 0 Å². The van der Waals surface area contributed by atoms with Crippen LogP contribution in [0, 0.1) is 0 Å². The van der Waals surface area contributed by atoms with Crippen molar-refractivity contribution in [2.24, 2.45) is 5.73 Å². The fourth-order valence-corrected chi connectivity index (χ4v) is 2.72. The lowest BCUT2D eigenvalue weighted by molar-refractivity contribution is 0.344. The van der Waals surface area contributed by atoms with Crippen LogP contribution in [0.5, 0.6) is 0 Å². The summed E-state index contributed by atoms with van der Waals surface area (Å²) < 4.78 is 0. The van der Waals surface area contributed by atoms with Crippen molar-refractivity contribution in [3.8, 4) is 0 Å². The molecule has 86 valence electrons. The highest BCUT2D eigenvalue weighted by atomic mass is 14.9. The van der Waals surface area contributed by atoms with Crippen LogP contribution in [0.4, 0.5) is 0 Å². The standard InChI is InChI=1S/C13H24N2/c14-12-5-7-13(8-6-12)15-10-9-11-3-1-2-4-11/h3,12-13,15H,1-2,4-10,14H2. The van der Waals surface area contributed by atoms with Gasteiger partial charge >= 0.3 is 0 Å². The van der Waals surface area contributed by atoms with E-state index in [1.165, 1.54) is 57.9 Å². The summed E-state index contributed by atoms with van der Waals surface area (Å²) in [6.45, 7) is 1.17. The second-order valence-corrected chi connectivity index (χ2v) is 5.07. The van der Waals surface area contributed by atoms with Gasteiger partial charge in [-0.2, -0.15) is 0 Å². The molecule has 0 radical (unpaired) electrons. The molecule has 0 bridgehead atoms. The monoisotopic (exact) mass is 208 g/mol. The van der Waals surface area contributed by atoms with Gasteiger partial charge in [0.1, 0.15) is 0 Å². The molecule has 0 aromatic heterocycles. The summed E-state index contributed by atoms with van der Waals surface area (Å²) >= 11 is 0. The summed E-state index contributed by atoms with van der Waals surface area (Å²) in [4.78, 5) is 0. The SMILES string of the molecule is NC1CCC(NCCC2=CCCC2)CC1. The molecule has 2 aliphatic carbocycles. The van der Waals surface area contributed by atoms with Gasteiger partial charge in [-0.05, 0) is 57.9 Å². The number of allylic oxidation sites excluding steroid dienone is 1. The number of rotatable bonds is 4. The van der Waals surface area contributed by atoms with Crippen molar-refractivity contribution in [1.82, 2.24) is 5.32 Å². The van der Waals surface area contributed by atoms with Gasteiger partial charge in [0.05, 0.1) is 0 Å². The number of hydrogen-bond acceptors (Lipinski definition) is 2. The summed E-state index contributed by atoms with van der Waals surface area (Å²) in [6, 6.07) is 1.22. The molecule has 3 N–H and O–H groups in total. The summed E-state index contributed by atoms with van der Waals surface area (Å²) in [6.07, 6.45) is 12.7. The molecule has 0 saturated heterocycles. The number of nitrogens with one attached hydrogen (secondary N) is 1. The van der Waals surface area contributed by atoms with Crippen molar-refractivity contribution in [1.29, 1.82) is 0 Å². The third kappa shape index (κ3) is 3.62. The van der Waals surface area contributed by atoms with Crippen LogP contribution >= 0.6 is 0 Å². The molecular weight excluding hydrogens is 184 g/mol. The van der Waals surface area contributed by atoms with E-state index in [2.05, 4.69) is 11.4 Å². The maximum absolute atomic E-state index is 5.89. The van der Waals surface area contributed by atoms with Crippen molar-refractivity contribution in [2.45, 2.75) is 63.5 Å². The predicted molar refractivity (Wildman–Crippen MR) is 64.8 cm³/mol. The second kappa shape index (κ2) is 5.66. The Morgan fingerprint density at radius 2 is 2.07 bits per heavy atom. The van der Waals surface area contributed by atoms with Gasteiger partial charge in [-0.15, -0.1) is 0 Å². The Hall–Kier alpha value is -0.340. The van der Waals surface area contributed by atoms with E-state index in [0.29, 0.717) is 6.04 Å². The van der Waals surface area contributed by atoms with Crippen LogP contribution in [-0.2, 0) is 0 Å². The Kier molecular flexibility index (Phi) is 4.21. The Bertz CT molecular complexity index is 215. The quantitative estimate of drug-likeness (QED) is 0.696. The lowest BCUT2D eigenvalue weighted by Gasteiger charge is -2.27. The molecule has 0 aliphatic heterocycles. The Labute approximate surface area is 93.3 Å². The third-order valence-corrected chi connectivity index (χ3v) is 3.79. The molecule has 1 saturated carbocycles. The normalized spacial score (nSPS) is 31.7. The molecule has 0 aromatic rings. The zero-order valence-electron chi connectivity index (χ0n) is 9.67. The summed E-state index contributed by atoms with van der Waals surface area (Å²) in [5.41, 5.74) is 7.56. The highest BCUT2D eigenvalue weighted by Crippen LogP contribution is 2.21. The fraction of sp³-hybridized carbons (Fsp3) is 0.846. The van der Waals surface area contributed by atoms with Crippen molar-refractivity contribution in [3.05, 3.63) is 11.6 Å². The van der Waals surface area contributed by atoms with Crippen LogP contribution in [0.25, 0.3) is 0 Å². The van der Waals surface area contributed by atoms with Crippen molar-refractivity contribution in [3.63, 3.8) is 0 Å². The van der Waals surface area contributed by atoms with Gasteiger partial charge in [-0.3, -0.25) is 0 Å². The average Bonchev–Trinajstić information content (AvgIpc) is 2.74. The Morgan fingerprint density at radius 3 is 2.73 bits per heavy atom. The van der Waals surface area contributed by atoms with E-state index in [4.69, 9.17) is 5.73 Å². The van der Waals surface area contributed by atoms with Crippen LogP contribution in [0.1, 0.15) is 51.4 Å². The molecule has 0 amide bonds. The van der Waals surface area contributed by atoms with Crippen molar-refractivity contribution < 1.29 is 0 Å². The first-order chi connectivity index (χ1) is 7.34. The lowest BCUT2D eigenvalue weighted by atomic mass is 9.92. The third-order valence-electron chi connectivity index (χ3n) is 3.79. The van der Waals surface area contributed by atoms with Gasteiger partial charge in [0.2, 0.25) is 0 Å². The molecule has 0 unspecified atom stereocenters. The topological polar surface area (TPSA) is 38.0 Å². The molecule has 2 nitrogen and oxygen atoms in total. The minimum absolute atomic E-state index is 0.473. The van der Waals surface area contributed by atoms with E-state index in [1.807, 2.05) is 0 Å². The first kappa shape index (κ1) is 11.2. The van der Waals surface area contributed by atoms with Gasteiger partial charge < -0.3 is 11.1 Å². The van der Waals surface area contributed by atoms with Gasteiger partial charge in [0.25, 0.3) is 0 Å². The van der Waals surface area contributed by atoms with Crippen LogP contribution in [0.2, 0.25) is 0 Å². The van der Waals surface area contributed by atoms with Crippen LogP contribution in [-0.4, -0.2) is 18.6 Å². The highest BCUT2D eigenvalue weighted by molar-refractivity contribution is 5.07. The molecule has 0 heterocycles. The molecular formula is C13H24N2. The number of nitrogens with two attached hydrogens (primary N) is 1. The second-order valence-electron chi connectivity index (χ2n) is 5.07. The van der Waals surface area contributed by atoms with E-state index in [1.54, 1.807) is 5.57 Å². The van der Waals surface area contributed by atoms with E-state index >= 15 is 0 Å². The van der Waals surface area contributed by atoms with Crippen molar-refractivity contribution in [2.75, 3.05) is 6.54 Å². The fourth-order valence-electron chi connectivity index (χ4n) is 2.72. The first-order valence-corrected chi connectivity index (χ1v) is 6.51. The molecule has 2 heteroatoms. The van der Waals surface area contributed by atoms with Crippen LogP contribution in [0.3, 0.4) is 0 Å². The highest BCUT2D eigenvalue weighted by Gasteiger charge is 2.17. The molecule has 2 aliphatic rings. The molecule has 15 heavy (non-hydrogen) atoms. The lowest BCUT2D eigenvalue weighted by Crippen LogP contribution is -2.37. The molecule has 0 atom stereocenters. The largest absolute Gasteiger partial charge is 0.328 e. The first-order valence-electron chi connectivity index (χ1n) is 6.51. The van der Waals surface area contributed by atoms with Crippen molar-refractivity contribution >= 4 is 0 Å². The Morgan fingerprint density at radius 1 is 1.27 bits per heavy atom. The van der Waals surface area contributed by atoms with Crippen LogP contribution < -0.4 is 11.1 Å². The van der Waals surface area contributed by atoms with Crippen LogP contribution in [0.15, 0.2) is 11.6 Å². The van der Waals surface area contributed by atoms with E-state index < -0.39 is 0 Å². The summed E-state index contributed by atoms with van der Waals surface area (Å²) in [7, 11) is 0. The number of hydrogen-bond donors (Lipinski definition) is 2. The molecule has 0 spiro atoms. The molecule has 2 rings (SSSR count). The van der Waals surface area contributed by atoms with E-state index in [9.17, 15) is 0 Å². The minimum Gasteiger partial charge on any atom is -0.328 e. The Balaban J connectivity index is 1.57. The van der Waals surface area contributed by atoms with Gasteiger partial charge in [0.15, 0.2) is 0 Å². The maximum atomic E-state index is 5.89. The van der Waals surface area contributed by atoms with Gasteiger partial charge in [-0.25, -0.2) is 0 Å². The summed E-state index contributed by atoms with van der Waals surface area (Å²) in [5.74, 6) is 0. The molecule has 0 aromatic carbocycles.